The minimum absolute atomic E-state index is 0.145. The molecule has 1 nitrogen and oxygen atoms in total. The van der Waals surface area contributed by atoms with Crippen LogP contribution in [0, 0.1) is 9.39 Å². The fraction of sp³-hybridized carbons (Fsp3) is 0.143. The van der Waals surface area contributed by atoms with Crippen molar-refractivity contribution in [1.82, 2.24) is 0 Å². The van der Waals surface area contributed by atoms with E-state index in [0.29, 0.717) is 0 Å². The van der Waals surface area contributed by atoms with Crippen molar-refractivity contribution in [1.29, 1.82) is 0 Å². The predicted molar refractivity (Wildman–Crippen MR) is 48.8 cm³/mol. The average molecular weight is 305 g/mol. The van der Waals surface area contributed by atoms with Gasteiger partial charge in [-0.15, -0.1) is 0 Å². The predicted octanol–water partition coefficient (Wildman–Crippen LogP) is 3.36. The number of nitrogens with one attached hydrogen (secondary N) is 1. The second kappa shape index (κ2) is 3.69. The number of hydrogen-bond acceptors (Lipinski definition) is 1. The fourth-order valence-corrected chi connectivity index (χ4v) is 1.25. The van der Waals surface area contributed by atoms with Crippen molar-refractivity contribution in [3.8, 4) is 0 Å². The maximum Gasteiger partial charge on any atom is 0.482 e. The molecule has 0 saturated carbocycles. The summed E-state index contributed by atoms with van der Waals surface area (Å²) in [6.07, 6.45) is -4.49. The van der Waals surface area contributed by atoms with Crippen LogP contribution in [0.3, 0.4) is 0 Å². The van der Waals surface area contributed by atoms with E-state index in [4.69, 9.17) is 0 Å². The van der Waals surface area contributed by atoms with E-state index in [2.05, 4.69) is 0 Å². The molecule has 1 rings (SSSR count). The molecule has 1 aromatic rings. The monoisotopic (exact) mass is 305 g/mol. The Kier molecular flexibility index (Phi) is 2.99. The molecule has 0 unspecified atom stereocenters. The van der Waals surface area contributed by atoms with E-state index in [0.717, 1.165) is 18.2 Å². The van der Waals surface area contributed by atoms with Crippen molar-refractivity contribution >= 4 is 28.3 Å². The highest BCUT2D eigenvalue weighted by Crippen LogP contribution is 2.22. The van der Waals surface area contributed by atoms with Gasteiger partial charge in [0, 0.05) is 5.69 Å². The summed E-state index contributed by atoms with van der Waals surface area (Å²) in [6.45, 7) is 0. The van der Waals surface area contributed by atoms with E-state index in [9.17, 15) is 17.6 Å². The number of rotatable bonds is 1. The molecule has 0 atom stereocenters. The van der Waals surface area contributed by atoms with Crippen molar-refractivity contribution in [3.05, 3.63) is 27.6 Å². The Balaban J connectivity index is 2.86. The lowest BCUT2D eigenvalue weighted by Crippen LogP contribution is -2.20. The third-order valence-corrected chi connectivity index (χ3v) is 2.03. The zero-order valence-corrected chi connectivity index (χ0v) is 8.28. The van der Waals surface area contributed by atoms with Gasteiger partial charge in [-0.05, 0) is 40.8 Å². The van der Waals surface area contributed by atoms with Crippen molar-refractivity contribution in [2.75, 3.05) is 5.32 Å². The first kappa shape index (κ1) is 10.6. The second-order valence-corrected chi connectivity index (χ2v) is 3.41. The van der Waals surface area contributed by atoms with Crippen LogP contribution >= 0.6 is 22.6 Å². The minimum Gasteiger partial charge on any atom is -0.297 e. The summed E-state index contributed by atoms with van der Waals surface area (Å²) in [4.78, 5) is 0. The largest absolute Gasteiger partial charge is 0.482 e. The van der Waals surface area contributed by atoms with Gasteiger partial charge < -0.3 is 0 Å². The average Bonchev–Trinajstić information content (AvgIpc) is 1.94. The van der Waals surface area contributed by atoms with Crippen LogP contribution in [-0.2, 0) is 0 Å². The molecule has 0 aliphatic rings. The van der Waals surface area contributed by atoms with Gasteiger partial charge >= 0.3 is 6.30 Å². The fourth-order valence-electron chi connectivity index (χ4n) is 0.738. The highest BCUT2D eigenvalue weighted by Gasteiger charge is 2.27. The number of benzene rings is 1. The zero-order chi connectivity index (χ0) is 10.1. The van der Waals surface area contributed by atoms with Crippen LogP contribution < -0.4 is 5.32 Å². The molecular formula is C7H4F4IN. The molecule has 0 aliphatic heterocycles. The minimum atomic E-state index is -4.49. The van der Waals surface area contributed by atoms with Crippen molar-refractivity contribution < 1.29 is 17.6 Å². The first-order chi connectivity index (χ1) is 5.88. The smallest absolute Gasteiger partial charge is 0.297 e. The molecule has 0 saturated heterocycles. The Hall–Kier alpha value is -0.530. The summed E-state index contributed by atoms with van der Waals surface area (Å²) in [5.74, 6) is -0.534. The number of anilines is 1. The van der Waals surface area contributed by atoms with Gasteiger partial charge in [-0.25, -0.2) is 4.39 Å². The molecule has 0 aromatic heterocycles. The van der Waals surface area contributed by atoms with Gasteiger partial charge in [0.1, 0.15) is 5.82 Å². The SMILES string of the molecule is Fc1ccc(NC(F)(F)F)cc1I. The summed E-state index contributed by atoms with van der Waals surface area (Å²) >= 11 is 1.62. The van der Waals surface area contributed by atoms with Crippen LogP contribution in [0.2, 0.25) is 0 Å². The molecule has 13 heavy (non-hydrogen) atoms. The molecule has 0 radical (unpaired) electrons. The van der Waals surface area contributed by atoms with Crippen molar-refractivity contribution in [2.24, 2.45) is 0 Å². The van der Waals surface area contributed by atoms with Crippen LogP contribution in [0.15, 0.2) is 18.2 Å². The lowest BCUT2D eigenvalue weighted by Gasteiger charge is -2.09. The molecule has 0 aliphatic carbocycles. The highest BCUT2D eigenvalue weighted by atomic mass is 127. The number of hydrogen-bond donors (Lipinski definition) is 1. The van der Waals surface area contributed by atoms with Gasteiger partial charge in [-0.2, -0.15) is 13.2 Å². The Morgan fingerprint density at radius 2 is 1.85 bits per heavy atom. The lowest BCUT2D eigenvalue weighted by atomic mass is 10.3. The highest BCUT2D eigenvalue weighted by molar-refractivity contribution is 14.1. The summed E-state index contributed by atoms with van der Waals surface area (Å²) in [7, 11) is 0. The maximum atomic E-state index is 12.6. The van der Waals surface area contributed by atoms with Gasteiger partial charge in [0.05, 0.1) is 3.57 Å². The molecule has 0 fully saturated rings. The van der Waals surface area contributed by atoms with Gasteiger partial charge in [0.2, 0.25) is 0 Å². The Morgan fingerprint density at radius 3 is 2.31 bits per heavy atom. The molecule has 0 spiro atoms. The standard InChI is InChI=1S/C7H4F4IN/c8-5-2-1-4(3-6(5)12)13-7(9,10)11/h1-3,13H. The van der Waals surface area contributed by atoms with Gasteiger partial charge in [-0.3, -0.25) is 5.32 Å². The van der Waals surface area contributed by atoms with Gasteiger partial charge in [0.25, 0.3) is 0 Å². The molecule has 6 heteroatoms. The first-order valence-corrected chi connectivity index (χ1v) is 4.26. The van der Waals surface area contributed by atoms with Gasteiger partial charge in [0.15, 0.2) is 0 Å². The van der Waals surface area contributed by atoms with E-state index < -0.39 is 12.1 Å². The molecular weight excluding hydrogens is 301 g/mol. The van der Waals surface area contributed by atoms with Gasteiger partial charge in [-0.1, -0.05) is 0 Å². The number of halogens is 5. The molecule has 1 aromatic carbocycles. The topological polar surface area (TPSA) is 12.0 Å². The van der Waals surface area contributed by atoms with E-state index >= 15 is 0 Å². The molecule has 0 bridgehead atoms. The van der Waals surface area contributed by atoms with Crippen molar-refractivity contribution in [3.63, 3.8) is 0 Å². The Labute approximate surface area is 85.3 Å². The molecule has 0 heterocycles. The normalized spacial score (nSPS) is 11.5. The lowest BCUT2D eigenvalue weighted by molar-refractivity contribution is -0.0999. The van der Waals surface area contributed by atoms with Crippen LogP contribution in [-0.4, -0.2) is 6.30 Å². The van der Waals surface area contributed by atoms with E-state index in [1.54, 1.807) is 22.6 Å². The van der Waals surface area contributed by atoms with Crippen LogP contribution in [0.1, 0.15) is 0 Å². The third kappa shape index (κ3) is 3.37. The molecule has 72 valence electrons. The van der Waals surface area contributed by atoms with E-state index in [1.807, 2.05) is 0 Å². The van der Waals surface area contributed by atoms with Crippen LogP contribution in [0.4, 0.5) is 23.2 Å². The maximum absolute atomic E-state index is 12.6. The summed E-state index contributed by atoms with van der Waals surface area (Å²) < 4.78 is 48.1. The quantitative estimate of drug-likeness (QED) is 0.476. The first-order valence-electron chi connectivity index (χ1n) is 3.18. The van der Waals surface area contributed by atoms with Crippen molar-refractivity contribution in [2.45, 2.75) is 6.30 Å². The Morgan fingerprint density at radius 1 is 1.23 bits per heavy atom. The summed E-state index contributed by atoms with van der Waals surface area (Å²) in [5.41, 5.74) is -0.168. The number of alkyl halides is 3. The van der Waals surface area contributed by atoms with Crippen LogP contribution in [0.5, 0.6) is 0 Å². The molecule has 1 N–H and O–H groups in total. The van der Waals surface area contributed by atoms with Crippen LogP contribution in [0.25, 0.3) is 0 Å². The van der Waals surface area contributed by atoms with E-state index in [-0.39, 0.29) is 9.26 Å². The summed E-state index contributed by atoms with van der Waals surface area (Å²) in [5, 5.41) is 1.28. The summed E-state index contributed by atoms with van der Waals surface area (Å²) in [6, 6.07) is 3.10. The third-order valence-electron chi connectivity index (χ3n) is 1.21. The van der Waals surface area contributed by atoms with E-state index in [1.165, 1.54) is 5.32 Å². The second-order valence-electron chi connectivity index (χ2n) is 2.25. The Bertz CT molecular complexity index is 310. The molecule has 0 amide bonds. The zero-order valence-electron chi connectivity index (χ0n) is 6.12.